The molecule has 2 fully saturated rings. The highest BCUT2D eigenvalue weighted by Gasteiger charge is 2.33. The number of imide groups is 1. The Morgan fingerprint density at radius 3 is 2.47 bits per heavy atom. The Morgan fingerprint density at radius 2 is 1.69 bits per heavy atom. The maximum Gasteiger partial charge on any atom is 0.355 e. The number of rotatable bonds is 14. The zero-order valence-corrected chi connectivity index (χ0v) is 41.6. The lowest BCUT2D eigenvalue weighted by molar-refractivity contribution is -0.134. The van der Waals surface area contributed by atoms with Gasteiger partial charge in [0.2, 0.25) is 17.7 Å². The smallest absolute Gasteiger partial charge is 0.355 e. The summed E-state index contributed by atoms with van der Waals surface area (Å²) in [4.78, 5) is 77.4. The molecule has 17 heteroatoms. The Morgan fingerprint density at radius 1 is 0.889 bits per heavy atom. The number of pyridine rings is 1. The average Bonchev–Trinajstić information content (AvgIpc) is 3.92. The third-order valence-corrected chi connectivity index (χ3v) is 15.2. The molecule has 10 rings (SSSR count). The number of anilines is 3. The Kier molecular flexibility index (Phi) is 13.3. The molecule has 2 saturated heterocycles. The van der Waals surface area contributed by atoms with Gasteiger partial charge in [0.05, 0.1) is 40.5 Å². The predicted molar refractivity (Wildman–Crippen MR) is 278 cm³/mol. The SMILES string of the molecule is Cc1cc(OCC(C)(C)CC2CCN(CC(=O)Nc3ccc4c(C5CCC(=O)NC5=O)nn(C)c4c3)CC2)ccc1-c1ccc(N2CCc3cccc(C(=O)Nc4nc5ccccc5s4)c3C2)nc1C(=O)O. The van der Waals surface area contributed by atoms with Gasteiger partial charge in [-0.2, -0.15) is 5.10 Å². The number of aryl methyl sites for hydroxylation is 2. The summed E-state index contributed by atoms with van der Waals surface area (Å²) < 4.78 is 9.10. The number of carboxylic acids is 1. The zero-order chi connectivity index (χ0) is 50.3. The number of likely N-dealkylation sites (tertiary alicyclic amines) is 1. The van der Waals surface area contributed by atoms with Crippen LogP contribution in [0, 0.1) is 18.3 Å². The largest absolute Gasteiger partial charge is 0.493 e. The van der Waals surface area contributed by atoms with E-state index in [0.29, 0.717) is 77.7 Å². The molecule has 4 amide bonds. The number of fused-ring (bicyclic) bond motifs is 3. The number of ether oxygens (including phenoxy) is 1. The fraction of sp³-hybridized carbons (Fsp3) is 0.345. The summed E-state index contributed by atoms with van der Waals surface area (Å²) in [6.45, 7) is 9.83. The van der Waals surface area contributed by atoms with Gasteiger partial charge < -0.3 is 20.1 Å². The van der Waals surface area contributed by atoms with Gasteiger partial charge in [-0.15, -0.1) is 0 Å². The second-order valence-corrected chi connectivity index (χ2v) is 21.1. The van der Waals surface area contributed by atoms with Crippen molar-refractivity contribution < 1.29 is 33.8 Å². The van der Waals surface area contributed by atoms with Crippen molar-refractivity contribution in [1.82, 2.24) is 30.0 Å². The minimum atomic E-state index is -1.13. The van der Waals surface area contributed by atoms with Gasteiger partial charge in [-0.05, 0) is 146 Å². The van der Waals surface area contributed by atoms with E-state index in [0.717, 1.165) is 75.7 Å². The van der Waals surface area contributed by atoms with E-state index >= 15 is 0 Å². The van der Waals surface area contributed by atoms with Crippen molar-refractivity contribution in [2.75, 3.05) is 48.3 Å². The molecule has 72 heavy (non-hydrogen) atoms. The van der Waals surface area contributed by atoms with Crippen LogP contribution in [0.3, 0.4) is 0 Å². The summed E-state index contributed by atoms with van der Waals surface area (Å²) in [5.74, 6) is -0.825. The van der Waals surface area contributed by atoms with Crippen molar-refractivity contribution in [2.24, 2.45) is 18.4 Å². The minimum absolute atomic E-state index is 0.0455. The van der Waals surface area contributed by atoms with Crippen LogP contribution in [0.4, 0.5) is 16.6 Å². The monoisotopic (exact) mass is 987 g/mol. The zero-order valence-electron chi connectivity index (χ0n) is 40.8. The molecule has 0 spiro atoms. The Balaban J connectivity index is 0.715. The number of benzene rings is 4. The number of nitrogens with zero attached hydrogens (tertiary/aromatic N) is 6. The van der Waals surface area contributed by atoms with Crippen LogP contribution in [0.15, 0.2) is 91.0 Å². The molecular formula is C55H57N9O7S. The van der Waals surface area contributed by atoms with Gasteiger partial charge in [0, 0.05) is 48.8 Å². The number of hydrogen-bond acceptors (Lipinski definition) is 12. The highest BCUT2D eigenvalue weighted by Crippen LogP contribution is 2.37. The topological polar surface area (TPSA) is 201 Å². The van der Waals surface area contributed by atoms with Crippen LogP contribution >= 0.6 is 11.3 Å². The molecule has 4 aromatic carbocycles. The maximum absolute atomic E-state index is 13.6. The van der Waals surface area contributed by atoms with Crippen LogP contribution in [0.2, 0.25) is 0 Å². The molecule has 1 unspecified atom stereocenters. The van der Waals surface area contributed by atoms with Gasteiger partial charge in [-0.25, -0.2) is 14.8 Å². The molecule has 4 N–H and O–H groups in total. The fourth-order valence-electron chi connectivity index (χ4n) is 10.6. The number of aromatic carboxylic acids is 1. The lowest BCUT2D eigenvalue weighted by atomic mass is 9.79. The number of thiazole rings is 1. The molecule has 3 aliphatic rings. The van der Waals surface area contributed by atoms with Crippen LogP contribution < -0.4 is 25.6 Å². The predicted octanol–water partition coefficient (Wildman–Crippen LogP) is 8.73. The van der Waals surface area contributed by atoms with Crippen molar-refractivity contribution in [3.05, 3.63) is 125 Å². The second-order valence-electron chi connectivity index (χ2n) is 20.1. The quantitative estimate of drug-likeness (QED) is 0.0757. The summed E-state index contributed by atoms with van der Waals surface area (Å²) in [5, 5.41) is 24.9. The van der Waals surface area contributed by atoms with Crippen molar-refractivity contribution in [1.29, 1.82) is 0 Å². The van der Waals surface area contributed by atoms with E-state index < -0.39 is 11.9 Å². The molecule has 16 nitrogen and oxygen atoms in total. The molecule has 370 valence electrons. The lowest BCUT2D eigenvalue weighted by Crippen LogP contribution is -2.40. The molecule has 0 radical (unpaired) electrons. The van der Waals surface area contributed by atoms with Crippen molar-refractivity contribution in [3.63, 3.8) is 0 Å². The molecule has 0 bridgehead atoms. The molecule has 0 aliphatic carbocycles. The van der Waals surface area contributed by atoms with E-state index in [9.17, 15) is 29.1 Å². The average molecular weight is 988 g/mol. The third kappa shape index (κ3) is 10.3. The number of carboxylic acid groups (broad SMARTS) is 1. The molecule has 6 heterocycles. The molecule has 3 aromatic heterocycles. The summed E-state index contributed by atoms with van der Waals surface area (Å²) in [6.07, 6.45) is 4.29. The van der Waals surface area contributed by atoms with Crippen molar-refractivity contribution >= 4 is 78.7 Å². The van der Waals surface area contributed by atoms with Gasteiger partial charge in [-0.1, -0.05) is 55.5 Å². The molecule has 3 aliphatic heterocycles. The Hall–Kier alpha value is -7.50. The van der Waals surface area contributed by atoms with E-state index in [-0.39, 0.29) is 47.7 Å². The van der Waals surface area contributed by atoms with Gasteiger partial charge in [0.15, 0.2) is 10.8 Å². The Labute approximate surface area is 420 Å². The van der Waals surface area contributed by atoms with Gasteiger partial charge >= 0.3 is 5.97 Å². The summed E-state index contributed by atoms with van der Waals surface area (Å²) in [7, 11) is 1.81. The second kappa shape index (κ2) is 20.0. The van der Waals surface area contributed by atoms with Crippen LogP contribution in [0.5, 0.6) is 5.75 Å². The van der Waals surface area contributed by atoms with E-state index in [1.165, 1.54) is 11.3 Å². The number of para-hydroxylation sites is 1. The highest BCUT2D eigenvalue weighted by molar-refractivity contribution is 7.22. The Bertz CT molecular complexity index is 3250. The molecule has 1 atom stereocenters. The number of carbonyl (C=O) groups excluding carboxylic acids is 4. The van der Waals surface area contributed by atoms with Crippen molar-refractivity contribution in [2.45, 2.75) is 71.8 Å². The highest BCUT2D eigenvalue weighted by atomic mass is 32.1. The number of carbonyl (C=O) groups is 5. The maximum atomic E-state index is 13.6. The first-order valence-corrected chi connectivity index (χ1v) is 25.3. The number of amides is 4. The first-order valence-electron chi connectivity index (χ1n) is 24.5. The molecule has 7 aromatic rings. The van der Waals surface area contributed by atoms with Crippen molar-refractivity contribution in [3.8, 4) is 16.9 Å². The van der Waals surface area contributed by atoms with Crippen LogP contribution in [-0.2, 0) is 34.4 Å². The van der Waals surface area contributed by atoms with Gasteiger partial charge in [-0.3, -0.25) is 39.4 Å². The lowest BCUT2D eigenvalue weighted by Gasteiger charge is -2.36. The van der Waals surface area contributed by atoms with Crippen LogP contribution in [0.1, 0.15) is 95.1 Å². The first kappa shape index (κ1) is 48.1. The summed E-state index contributed by atoms with van der Waals surface area (Å²) >= 11 is 1.43. The van der Waals surface area contributed by atoms with E-state index in [2.05, 4.69) is 44.8 Å². The molecule has 0 saturated carbocycles. The number of aromatic nitrogens is 4. The molecular weight excluding hydrogens is 931 g/mol. The minimum Gasteiger partial charge on any atom is -0.493 e. The van der Waals surface area contributed by atoms with Gasteiger partial charge in [0.25, 0.3) is 5.91 Å². The van der Waals surface area contributed by atoms with Gasteiger partial charge in [0.1, 0.15) is 11.6 Å². The number of hydrogen-bond donors (Lipinski definition) is 4. The van der Waals surface area contributed by atoms with E-state index in [4.69, 9.17) is 9.72 Å². The number of piperidine rings is 2. The normalized spacial score (nSPS) is 16.7. The summed E-state index contributed by atoms with van der Waals surface area (Å²) in [6, 6.07) is 28.5. The van der Waals surface area contributed by atoms with E-state index in [1.54, 1.807) is 11.7 Å². The first-order chi connectivity index (χ1) is 34.6. The van der Waals surface area contributed by atoms with Crippen LogP contribution in [0.25, 0.3) is 32.2 Å². The summed E-state index contributed by atoms with van der Waals surface area (Å²) in [5.41, 5.74) is 7.40. The third-order valence-electron chi connectivity index (χ3n) is 14.2. The standard InChI is InChI=1S/C55H57N9O7S/c1-32-26-36(71-31-55(2,3)28-33-20-23-63(24-21-33)30-48(66)56-35-12-14-40-44(27-35)62(4)61-49(40)41-17-19-47(65)59-52(41)68)13-15-37(32)38-16-18-46(58-50(38)53(69)70)64-25-22-34-8-7-9-39(42(34)29-64)51(67)60-54-57-43-10-5-6-11-45(43)72-54/h5-16,18,26-27,33,41H,17,19-25,28-31H2,1-4H3,(H,56,66)(H,69,70)(H,57,60,67)(H,59,65,68). The number of nitrogens with one attached hydrogen (secondary N) is 3. The fourth-order valence-corrected chi connectivity index (χ4v) is 11.4. The van der Waals surface area contributed by atoms with E-state index in [1.807, 2.05) is 103 Å². The van der Waals surface area contributed by atoms with Crippen LogP contribution in [-0.4, -0.2) is 92.1 Å².